The molecule has 1 unspecified atom stereocenters. The zero-order chi connectivity index (χ0) is 14.5. The molecule has 0 aromatic heterocycles. The molecule has 1 atom stereocenters. The molecule has 19 heavy (non-hydrogen) atoms. The highest BCUT2D eigenvalue weighted by Crippen LogP contribution is 2.18. The normalized spacial score (nSPS) is 12.4. The first-order valence-corrected chi connectivity index (χ1v) is 6.25. The first kappa shape index (κ1) is 15.0. The average Bonchev–Trinajstić information content (AvgIpc) is 2.26. The van der Waals surface area contributed by atoms with E-state index in [1.165, 1.54) is 0 Å². The molecule has 0 saturated heterocycles. The van der Waals surface area contributed by atoms with Gasteiger partial charge < -0.3 is 10.1 Å². The Morgan fingerprint density at radius 1 is 1.47 bits per heavy atom. The van der Waals surface area contributed by atoms with Crippen molar-refractivity contribution in [3.05, 3.63) is 35.4 Å². The molecule has 1 rings (SSSR count). The smallest absolute Gasteiger partial charge is 0.408 e. The average molecular weight is 260 g/mol. The van der Waals surface area contributed by atoms with Gasteiger partial charge in [0.1, 0.15) is 5.60 Å². The van der Waals surface area contributed by atoms with Crippen molar-refractivity contribution in [3.8, 4) is 6.07 Å². The fourth-order valence-corrected chi connectivity index (χ4v) is 1.68. The summed E-state index contributed by atoms with van der Waals surface area (Å²) in [4.78, 5) is 11.8. The third kappa shape index (κ3) is 5.43. The summed E-state index contributed by atoms with van der Waals surface area (Å²) < 4.78 is 5.21. The molecule has 0 saturated carbocycles. The van der Waals surface area contributed by atoms with Crippen molar-refractivity contribution in [1.29, 1.82) is 5.26 Å². The lowest BCUT2D eigenvalue weighted by Gasteiger charge is -2.23. The van der Waals surface area contributed by atoms with Gasteiger partial charge >= 0.3 is 6.09 Å². The van der Waals surface area contributed by atoms with Crippen molar-refractivity contribution in [2.45, 2.75) is 45.8 Å². The summed E-state index contributed by atoms with van der Waals surface area (Å²) in [6.07, 6.45) is -0.294. The van der Waals surface area contributed by atoms with Gasteiger partial charge in [0.15, 0.2) is 0 Å². The Kier molecular flexibility index (Phi) is 4.94. The van der Waals surface area contributed by atoms with Crippen LogP contribution in [0.2, 0.25) is 0 Å². The number of aryl methyl sites for hydroxylation is 1. The number of nitriles is 1. The molecule has 0 aliphatic heterocycles. The molecule has 0 fully saturated rings. The second kappa shape index (κ2) is 6.24. The number of rotatable bonds is 3. The molecule has 0 aliphatic rings. The summed E-state index contributed by atoms with van der Waals surface area (Å²) in [5.41, 5.74) is 1.45. The highest BCUT2D eigenvalue weighted by atomic mass is 16.6. The van der Waals surface area contributed by atoms with Crippen LogP contribution >= 0.6 is 0 Å². The molecule has 1 aromatic carbocycles. The summed E-state index contributed by atoms with van der Waals surface area (Å²) in [7, 11) is 0. The molecule has 4 nitrogen and oxygen atoms in total. The van der Waals surface area contributed by atoms with E-state index in [-0.39, 0.29) is 12.5 Å². The van der Waals surface area contributed by atoms with Crippen LogP contribution in [0.4, 0.5) is 4.79 Å². The Labute approximate surface area is 114 Å². The number of hydrogen-bond acceptors (Lipinski definition) is 3. The van der Waals surface area contributed by atoms with Gasteiger partial charge in [-0.3, -0.25) is 0 Å². The highest BCUT2D eigenvalue weighted by Gasteiger charge is 2.20. The van der Waals surface area contributed by atoms with Gasteiger partial charge in [-0.2, -0.15) is 5.26 Å². The molecule has 0 radical (unpaired) electrons. The molecule has 0 aliphatic carbocycles. The maximum atomic E-state index is 11.8. The molecule has 0 spiro atoms. The predicted octanol–water partition coefficient (Wildman–Crippen LogP) is 3.47. The van der Waals surface area contributed by atoms with Crippen LogP contribution in [0.25, 0.3) is 0 Å². The highest BCUT2D eigenvalue weighted by molar-refractivity contribution is 5.68. The third-order valence-corrected chi connectivity index (χ3v) is 2.43. The lowest BCUT2D eigenvalue weighted by Crippen LogP contribution is -2.34. The standard InChI is InChI=1S/C15H20N2O2/c1-11-6-5-7-12(10-11)13(8-9-16)17-14(18)19-15(2,3)4/h5-7,10,13H,8H2,1-4H3,(H,17,18). The zero-order valence-corrected chi connectivity index (χ0v) is 11.9. The Morgan fingerprint density at radius 2 is 2.16 bits per heavy atom. The van der Waals surface area contributed by atoms with E-state index in [1.807, 2.05) is 31.2 Å². The number of benzene rings is 1. The summed E-state index contributed by atoms with van der Waals surface area (Å²) in [6, 6.07) is 9.47. The second-order valence-electron chi connectivity index (χ2n) is 5.48. The van der Waals surface area contributed by atoms with E-state index in [4.69, 9.17) is 10.00 Å². The zero-order valence-electron chi connectivity index (χ0n) is 11.9. The van der Waals surface area contributed by atoms with Crippen LogP contribution < -0.4 is 5.32 Å². The van der Waals surface area contributed by atoms with Gasteiger partial charge in [-0.1, -0.05) is 29.8 Å². The SMILES string of the molecule is Cc1cccc(C(CC#N)NC(=O)OC(C)(C)C)c1. The minimum atomic E-state index is -0.548. The number of carbonyl (C=O) groups is 1. The third-order valence-electron chi connectivity index (χ3n) is 2.43. The number of ether oxygens (including phenoxy) is 1. The Balaban J connectivity index is 2.79. The lowest BCUT2D eigenvalue weighted by atomic mass is 10.0. The quantitative estimate of drug-likeness (QED) is 0.905. The van der Waals surface area contributed by atoms with E-state index in [2.05, 4.69) is 11.4 Å². The van der Waals surface area contributed by atoms with Crippen LogP contribution in [-0.2, 0) is 4.74 Å². The Morgan fingerprint density at radius 3 is 2.68 bits per heavy atom. The number of amides is 1. The largest absolute Gasteiger partial charge is 0.444 e. The van der Waals surface area contributed by atoms with Crippen molar-refractivity contribution >= 4 is 6.09 Å². The number of alkyl carbamates (subject to hydrolysis) is 1. The maximum Gasteiger partial charge on any atom is 0.408 e. The summed E-state index contributed by atoms with van der Waals surface area (Å²) in [6.45, 7) is 7.38. The van der Waals surface area contributed by atoms with E-state index in [9.17, 15) is 4.79 Å². The molecule has 4 heteroatoms. The van der Waals surface area contributed by atoms with E-state index in [1.54, 1.807) is 20.8 Å². The van der Waals surface area contributed by atoms with Gasteiger partial charge in [0.05, 0.1) is 18.5 Å². The Hall–Kier alpha value is -2.02. The van der Waals surface area contributed by atoms with Crippen molar-refractivity contribution in [2.24, 2.45) is 0 Å². The molecule has 0 bridgehead atoms. The first-order valence-electron chi connectivity index (χ1n) is 6.25. The van der Waals surface area contributed by atoms with Crippen LogP contribution in [0.3, 0.4) is 0 Å². The summed E-state index contributed by atoms with van der Waals surface area (Å²) in [5, 5.41) is 11.6. The van der Waals surface area contributed by atoms with E-state index in [0.717, 1.165) is 11.1 Å². The van der Waals surface area contributed by atoms with Crippen LogP contribution in [-0.4, -0.2) is 11.7 Å². The molecule has 0 heterocycles. The van der Waals surface area contributed by atoms with Crippen molar-refractivity contribution in [2.75, 3.05) is 0 Å². The minimum absolute atomic E-state index is 0.211. The fraction of sp³-hybridized carbons (Fsp3) is 0.467. The minimum Gasteiger partial charge on any atom is -0.444 e. The topological polar surface area (TPSA) is 62.1 Å². The molecular formula is C15H20N2O2. The monoisotopic (exact) mass is 260 g/mol. The van der Waals surface area contributed by atoms with Crippen molar-refractivity contribution in [1.82, 2.24) is 5.32 Å². The molecule has 1 amide bonds. The first-order chi connectivity index (χ1) is 8.81. The van der Waals surface area contributed by atoms with E-state index < -0.39 is 11.7 Å². The van der Waals surface area contributed by atoms with Crippen molar-refractivity contribution in [3.63, 3.8) is 0 Å². The Bertz CT molecular complexity index is 484. The molecule has 102 valence electrons. The molecule has 1 N–H and O–H groups in total. The predicted molar refractivity (Wildman–Crippen MR) is 73.5 cm³/mol. The van der Waals surface area contributed by atoms with Gasteiger partial charge in [-0.05, 0) is 33.3 Å². The number of hydrogen-bond donors (Lipinski definition) is 1. The van der Waals surface area contributed by atoms with Crippen LogP contribution in [0, 0.1) is 18.3 Å². The van der Waals surface area contributed by atoms with Gasteiger partial charge in [0.2, 0.25) is 0 Å². The van der Waals surface area contributed by atoms with Crippen LogP contribution in [0.5, 0.6) is 0 Å². The second-order valence-corrected chi connectivity index (χ2v) is 5.48. The summed E-state index contributed by atoms with van der Waals surface area (Å²) in [5.74, 6) is 0. The summed E-state index contributed by atoms with van der Waals surface area (Å²) >= 11 is 0. The van der Waals surface area contributed by atoms with Gasteiger partial charge in [0, 0.05) is 0 Å². The number of nitrogens with zero attached hydrogens (tertiary/aromatic N) is 1. The van der Waals surface area contributed by atoms with Gasteiger partial charge in [0.25, 0.3) is 0 Å². The molecule has 1 aromatic rings. The maximum absolute atomic E-state index is 11.8. The fourth-order valence-electron chi connectivity index (χ4n) is 1.68. The van der Waals surface area contributed by atoms with E-state index >= 15 is 0 Å². The van der Waals surface area contributed by atoms with Crippen LogP contribution in [0.1, 0.15) is 44.4 Å². The van der Waals surface area contributed by atoms with E-state index in [0.29, 0.717) is 0 Å². The van der Waals surface area contributed by atoms with Gasteiger partial charge in [-0.25, -0.2) is 4.79 Å². The van der Waals surface area contributed by atoms with Crippen molar-refractivity contribution < 1.29 is 9.53 Å². The molecular weight excluding hydrogens is 240 g/mol. The lowest BCUT2D eigenvalue weighted by molar-refractivity contribution is 0.0504. The van der Waals surface area contributed by atoms with Crippen LogP contribution in [0.15, 0.2) is 24.3 Å². The van der Waals surface area contributed by atoms with Gasteiger partial charge in [-0.15, -0.1) is 0 Å². The number of nitrogens with one attached hydrogen (secondary N) is 1. The number of carbonyl (C=O) groups excluding carboxylic acids is 1.